The molecule has 1 aromatic rings. The fourth-order valence-corrected chi connectivity index (χ4v) is 3.97. The second-order valence-electron chi connectivity index (χ2n) is 4.49. The highest BCUT2D eigenvalue weighted by atomic mass is 32.2. The molecule has 0 radical (unpaired) electrons. The maximum Gasteiger partial charge on any atom is 0.217 e. The molecule has 0 bridgehead atoms. The van der Waals surface area contributed by atoms with Gasteiger partial charge >= 0.3 is 0 Å². The van der Waals surface area contributed by atoms with Gasteiger partial charge in [-0.2, -0.15) is 9.40 Å². The Morgan fingerprint density at radius 2 is 2.12 bits per heavy atom. The predicted molar refractivity (Wildman–Crippen MR) is 63.6 cm³/mol. The molecular formula is C10H18N4O2S. The second kappa shape index (κ2) is 5.14. The molecule has 0 atom stereocenters. The molecule has 0 amide bonds. The summed E-state index contributed by atoms with van der Waals surface area (Å²) in [6.07, 6.45) is 6.13. The van der Waals surface area contributed by atoms with Crippen LogP contribution in [0.2, 0.25) is 0 Å². The summed E-state index contributed by atoms with van der Waals surface area (Å²) in [7, 11) is -1.59. The molecule has 1 aliphatic carbocycles. The zero-order chi connectivity index (χ0) is 12.3. The number of aromatic nitrogens is 3. The lowest BCUT2D eigenvalue weighted by Gasteiger charge is -2.26. The monoisotopic (exact) mass is 258 g/mol. The first-order valence-corrected chi connectivity index (χ1v) is 7.40. The summed E-state index contributed by atoms with van der Waals surface area (Å²) in [6, 6.07) is 0. The second-order valence-corrected chi connectivity index (χ2v) is 6.81. The van der Waals surface area contributed by atoms with E-state index in [-0.39, 0.29) is 11.8 Å². The lowest BCUT2D eigenvalue weighted by molar-refractivity contribution is 0.417. The SMILES string of the molecule is CN(Cc1ncn[nH]1)S(=O)(=O)C1CCCCC1. The predicted octanol–water partition coefficient (Wildman–Crippen LogP) is 0.899. The summed E-state index contributed by atoms with van der Waals surface area (Å²) >= 11 is 0. The Morgan fingerprint density at radius 1 is 1.41 bits per heavy atom. The molecule has 0 saturated heterocycles. The van der Waals surface area contributed by atoms with Gasteiger partial charge in [0.15, 0.2) is 0 Å². The van der Waals surface area contributed by atoms with Gasteiger partial charge in [-0.3, -0.25) is 5.10 Å². The van der Waals surface area contributed by atoms with E-state index in [1.54, 1.807) is 7.05 Å². The van der Waals surface area contributed by atoms with Crippen LogP contribution in [-0.2, 0) is 16.6 Å². The first kappa shape index (κ1) is 12.5. The maximum absolute atomic E-state index is 12.3. The van der Waals surface area contributed by atoms with Crippen LogP contribution in [-0.4, -0.2) is 40.2 Å². The molecule has 0 aliphatic heterocycles. The smallest absolute Gasteiger partial charge is 0.217 e. The summed E-state index contributed by atoms with van der Waals surface area (Å²) in [4.78, 5) is 3.94. The quantitative estimate of drug-likeness (QED) is 0.870. The maximum atomic E-state index is 12.3. The zero-order valence-electron chi connectivity index (χ0n) is 9.96. The highest BCUT2D eigenvalue weighted by Gasteiger charge is 2.31. The summed E-state index contributed by atoms with van der Waals surface area (Å²) < 4.78 is 25.9. The number of rotatable bonds is 4. The first-order valence-electron chi connectivity index (χ1n) is 5.90. The van der Waals surface area contributed by atoms with Gasteiger partial charge in [0.2, 0.25) is 10.0 Å². The number of H-pyrrole nitrogens is 1. The minimum absolute atomic E-state index is 0.218. The molecule has 1 fully saturated rings. The van der Waals surface area contributed by atoms with E-state index in [2.05, 4.69) is 15.2 Å². The fraction of sp³-hybridized carbons (Fsp3) is 0.800. The van der Waals surface area contributed by atoms with Gasteiger partial charge in [0, 0.05) is 7.05 Å². The van der Waals surface area contributed by atoms with Gasteiger partial charge in [-0.05, 0) is 12.8 Å². The Hall–Kier alpha value is -0.950. The third-order valence-corrected chi connectivity index (χ3v) is 5.56. The first-order chi connectivity index (χ1) is 8.10. The Morgan fingerprint density at radius 3 is 2.71 bits per heavy atom. The highest BCUT2D eigenvalue weighted by Crippen LogP contribution is 2.25. The molecule has 0 unspecified atom stereocenters. The lowest BCUT2D eigenvalue weighted by Crippen LogP contribution is -2.37. The molecule has 17 heavy (non-hydrogen) atoms. The Kier molecular flexibility index (Phi) is 3.78. The molecule has 1 heterocycles. The van der Waals surface area contributed by atoms with Crippen LogP contribution in [0.1, 0.15) is 37.9 Å². The summed E-state index contributed by atoms with van der Waals surface area (Å²) in [5, 5.41) is 6.17. The molecule has 6 nitrogen and oxygen atoms in total. The Bertz CT molecular complexity index is 437. The number of aromatic amines is 1. The third-order valence-electron chi connectivity index (χ3n) is 3.25. The van der Waals surface area contributed by atoms with Gasteiger partial charge in [-0.25, -0.2) is 13.4 Å². The van der Waals surface area contributed by atoms with Gasteiger partial charge in [0.25, 0.3) is 0 Å². The molecular weight excluding hydrogens is 240 g/mol. The van der Waals surface area contributed by atoms with Crippen LogP contribution in [0.3, 0.4) is 0 Å². The summed E-state index contributed by atoms with van der Waals surface area (Å²) in [5.41, 5.74) is 0. The largest absolute Gasteiger partial charge is 0.262 e. The van der Waals surface area contributed by atoms with Crippen LogP contribution in [0.5, 0.6) is 0 Å². The van der Waals surface area contributed by atoms with Crippen molar-refractivity contribution in [3.8, 4) is 0 Å². The summed E-state index contributed by atoms with van der Waals surface area (Å²) in [5.74, 6) is 0.576. The van der Waals surface area contributed by atoms with Crippen LogP contribution in [0.4, 0.5) is 0 Å². The average Bonchev–Trinajstić information content (AvgIpc) is 2.83. The highest BCUT2D eigenvalue weighted by molar-refractivity contribution is 7.89. The van der Waals surface area contributed by atoms with Crippen molar-refractivity contribution in [1.82, 2.24) is 19.5 Å². The molecule has 1 saturated carbocycles. The van der Waals surface area contributed by atoms with Gasteiger partial charge in [-0.1, -0.05) is 19.3 Å². The third kappa shape index (κ3) is 2.84. The zero-order valence-corrected chi connectivity index (χ0v) is 10.8. The van der Waals surface area contributed by atoms with E-state index in [1.807, 2.05) is 0 Å². The van der Waals surface area contributed by atoms with Crippen LogP contribution in [0, 0.1) is 0 Å². The molecule has 7 heteroatoms. The van der Waals surface area contributed by atoms with Crippen molar-refractivity contribution < 1.29 is 8.42 Å². The number of hydrogen-bond acceptors (Lipinski definition) is 4. The molecule has 1 aromatic heterocycles. The van der Waals surface area contributed by atoms with E-state index in [4.69, 9.17) is 0 Å². The average molecular weight is 258 g/mol. The molecule has 2 rings (SSSR count). The van der Waals surface area contributed by atoms with E-state index in [0.29, 0.717) is 5.82 Å². The molecule has 96 valence electrons. The van der Waals surface area contributed by atoms with E-state index in [0.717, 1.165) is 32.1 Å². The van der Waals surface area contributed by atoms with Crippen LogP contribution in [0.15, 0.2) is 6.33 Å². The topological polar surface area (TPSA) is 79.0 Å². The van der Waals surface area contributed by atoms with E-state index in [9.17, 15) is 8.42 Å². The van der Waals surface area contributed by atoms with E-state index in [1.165, 1.54) is 10.6 Å². The summed E-state index contributed by atoms with van der Waals surface area (Å²) in [6.45, 7) is 0.263. The standard InChI is InChI=1S/C10H18N4O2S/c1-14(7-10-11-8-12-13-10)17(15,16)9-5-3-2-4-6-9/h8-9H,2-7H2,1H3,(H,11,12,13). The lowest BCUT2D eigenvalue weighted by atomic mass is 10.0. The van der Waals surface area contributed by atoms with Gasteiger partial charge in [0.05, 0.1) is 11.8 Å². The van der Waals surface area contributed by atoms with Gasteiger partial charge in [-0.15, -0.1) is 0 Å². The van der Waals surface area contributed by atoms with E-state index < -0.39 is 10.0 Å². The normalized spacial score (nSPS) is 18.7. The number of nitrogens with zero attached hydrogens (tertiary/aromatic N) is 3. The molecule has 1 aliphatic rings. The molecule has 1 N–H and O–H groups in total. The Balaban J connectivity index is 2.03. The number of sulfonamides is 1. The van der Waals surface area contributed by atoms with Gasteiger partial charge in [0.1, 0.15) is 12.2 Å². The Labute approximate surface area is 101 Å². The van der Waals surface area contributed by atoms with Crippen molar-refractivity contribution in [2.75, 3.05) is 7.05 Å². The number of hydrogen-bond donors (Lipinski definition) is 1. The minimum Gasteiger partial charge on any atom is -0.262 e. The molecule has 0 spiro atoms. The van der Waals surface area contributed by atoms with Crippen LogP contribution >= 0.6 is 0 Å². The van der Waals surface area contributed by atoms with Crippen molar-refractivity contribution in [2.45, 2.75) is 43.9 Å². The fourth-order valence-electron chi connectivity index (χ4n) is 2.23. The van der Waals surface area contributed by atoms with Crippen molar-refractivity contribution >= 4 is 10.0 Å². The van der Waals surface area contributed by atoms with Crippen molar-refractivity contribution in [1.29, 1.82) is 0 Å². The molecule has 0 aromatic carbocycles. The van der Waals surface area contributed by atoms with Crippen molar-refractivity contribution in [2.24, 2.45) is 0 Å². The van der Waals surface area contributed by atoms with Crippen molar-refractivity contribution in [3.63, 3.8) is 0 Å². The van der Waals surface area contributed by atoms with Crippen LogP contribution in [0.25, 0.3) is 0 Å². The number of nitrogens with one attached hydrogen (secondary N) is 1. The van der Waals surface area contributed by atoms with Crippen LogP contribution < -0.4 is 0 Å². The van der Waals surface area contributed by atoms with Crippen molar-refractivity contribution in [3.05, 3.63) is 12.2 Å². The minimum atomic E-state index is -3.19. The van der Waals surface area contributed by atoms with Gasteiger partial charge < -0.3 is 0 Å². The van der Waals surface area contributed by atoms with E-state index >= 15 is 0 Å².